The van der Waals surface area contributed by atoms with Gasteiger partial charge in [0.15, 0.2) is 6.54 Å². The van der Waals surface area contributed by atoms with Crippen LogP contribution in [0.25, 0.3) is 0 Å². The number of rotatable bonds is 4. The molecule has 0 radical (unpaired) electrons. The number of hydrogen-bond acceptors (Lipinski definition) is 1. The predicted octanol–water partition coefficient (Wildman–Crippen LogP) is 2.49. The van der Waals surface area contributed by atoms with Crippen molar-refractivity contribution in [1.29, 1.82) is 0 Å². The molecule has 21 heavy (non-hydrogen) atoms. The smallest absolute Gasteiger partial charge is 0.275 e. The van der Waals surface area contributed by atoms with Crippen LogP contribution in [0.2, 0.25) is 10.0 Å². The van der Waals surface area contributed by atoms with Crippen molar-refractivity contribution in [2.45, 2.75) is 32.7 Å². The maximum atomic E-state index is 12.1. The van der Waals surface area contributed by atoms with E-state index in [0.717, 1.165) is 24.6 Å². The normalized spacial score (nSPS) is 23.6. The molecule has 0 spiro atoms. The molecule has 116 valence electrons. The second kappa shape index (κ2) is 7.48. The summed E-state index contributed by atoms with van der Waals surface area (Å²) in [5.41, 5.74) is 0.972. The van der Waals surface area contributed by atoms with Crippen molar-refractivity contribution in [3.63, 3.8) is 0 Å². The van der Waals surface area contributed by atoms with E-state index in [1.165, 1.54) is 17.7 Å². The predicted molar refractivity (Wildman–Crippen MR) is 87.0 cm³/mol. The summed E-state index contributed by atoms with van der Waals surface area (Å²) in [6, 6.07) is 5.41. The lowest BCUT2D eigenvalue weighted by molar-refractivity contribution is -0.898. The van der Waals surface area contributed by atoms with Gasteiger partial charge in [-0.2, -0.15) is 0 Å². The van der Waals surface area contributed by atoms with Crippen molar-refractivity contribution in [2.75, 3.05) is 19.6 Å². The van der Waals surface area contributed by atoms with Gasteiger partial charge in [-0.1, -0.05) is 36.2 Å². The van der Waals surface area contributed by atoms with Crippen LogP contribution in [0.3, 0.4) is 0 Å². The summed E-state index contributed by atoms with van der Waals surface area (Å²) < 4.78 is 0. The Labute approximate surface area is 136 Å². The Balaban J connectivity index is 1.85. The number of benzene rings is 1. The third-order valence-corrected chi connectivity index (χ3v) is 4.95. The third-order valence-electron chi connectivity index (χ3n) is 4.21. The van der Waals surface area contributed by atoms with Gasteiger partial charge in [-0.3, -0.25) is 4.79 Å². The third kappa shape index (κ3) is 4.87. The number of amides is 1. The Hall–Kier alpha value is -0.770. The maximum Gasteiger partial charge on any atom is 0.275 e. The first-order valence-corrected chi connectivity index (χ1v) is 8.29. The summed E-state index contributed by atoms with van der Waals surface area (Å²) in [7, 11) is 0. The van der Waals surface area contributed by atoms with E-state index in [2.05, 4.69) is 12.2 Å². The number of halogens is 2. The highest BCUT2D eigenvalue weighted by molar-refractivity contribution is 6.42. The quantitative estimate of drug-likeness (QED) is 0.874. The van der Waals surface area contributed by atoms with Crippen LogP contribution < -0.4 is 10.2 Å². The van der Waals surface area contributed by atoms with Gasteiger partial charge < -0.3 is 10.2 Å². The fourth-order valence-corrected chi connectivity index (χ4v) is 3.04. The summed E-state index contributed by atoms with van der Waals surface area (Å²) in [5.74, 6) is 0.894. The molecule has 1 heterocycles. The van der Waals surface area contributed by atoms with E-state index in [-0.39, 0.29) is 11.9 Å². The van der Waals surface area contributed by atoms with E-state index in [1.807, 2.05) is 19.1 Å². The molecule has 1 atom stereocenters. The minimum absolute atomic E-state index is 0.0598. The van der Waals surface area contributed by atoms with Gasteiger partial charge in [-0.15, -0.1) is 0 Å². The molecule has 1 aromatic carbocycles. The standard InChI is InChI=1S/C16H22Cl2N2O/c1-11-5-7-20(8-6-11)10-16(21)19-12(2)13-3-4-14(17)15(18)9-13/h3-4,9,11-12H,5-8,10H2,1-2H3,(H,19,21)/p+1/t12-/m0/s1. The largest absolute Gasteiger partial charge is 0.345 e. The van der Waals surface area contributed by atoms with Gasteiger partial charge in [0.1, 0.15) is 0 Å². The number of piperidine rings is 1. The zero-order valence-electron chi connectivity index (χ0n) is 12.6. The molecule has 1 aromatic rings. The molecule has 1 amide bonds. The fraction of sp³-hybridized carbons (Fsp3) is 0.562. The van der Waals surface area contributed by atoms with Crippen molar-refractivity contribution in [2.24, 2.45) is 5.92 Å². The monoisotopic (exact) mass is 329 g/mol. The minimum Gasteiger partial charge on any atom is -0.345 e. The molecule has 0 bridgehead atoms. The fourth-order valence-electron chi connectivity index (χ4n) is 2.73. The Bertz CT molecular complexity index is 499. The summed E-state index contributed by atoms with van der Waals surface area (Å²) in [5, 5.41) is 4.09. The highest BCUT2D eigenvalue weighted by atomic mass is 35.5. The lowest BCUT2D eigenvalue weighted by atomic mass is 9.99. The molecule has 5 heteroatoms. The molecule has 3 nitrogen and oxygen atoms in total. The van der Waals surface area contributed by atoms with Crippen molar-refractivity contribution < 1.29 is 9.69 Å². The molecule has 0 aromatic heterocycles. The maximum absolute atomic E-state index is 12.1. The van der Waals surface area contributed by atoms with Gasteiger partial charge in [-0.25, -0.2) is 0 Å². The zero-order chi connectivity index (χ0) is 15.4. The van der Waals surface area contributed by atoms with Gasteiger partial charge in [0.2, 0.25) is 0 Å². The van der Waals surface area contributed by atoms with Crippen LogP contribution in [0.4, 0.5) is 0 Å². The Morgan fingerprint density at radius 2 is 2.00 bits per heavy atom. The molecule has 0 unspecified atom stereocenters. The van der Waals surface area contributed by atoms with Crippen molar-refractivity contribution in [3.05, 3.63) is 33.8 Å². The number of nitrogens with one attached hydrogen (secondary N) is 2. The molecule has 1 aliphatic rings. The highest BCUT2D eigenvalue weighted by Crippen LogP contribution is 2.25. The molecule has 1 fully saturated rings. The highest BCUT2D eigenvalue weighted by Gasteiger charge is 2.22. The summed E-state index contributed by atoms with van der Waals surface area (Å²) in [4.78, 5) is 13.5. The summed E-state index contributed by atoms with van der Waals surface area (Å²) in [6.45, 7) is 6.98. The average Bonchev–Trinajstić information content (AvgIpc) is 2.44. The molecule has 0 aliphatic carbocycles. The molecule has 1 saturated heterocycles. The molecular weight excluding hydrogens is 307 g/mol. The van der Waals surface area contributed by atoms with Crippen LogP contribution in [-0.2, 0) is 4.79 Å². The first-order valence-electron chi connectivity index (χ1n) is 7.53. The number of quaternary nitrogens is 1. The van der Waals surface area contributed by atoms with E-state index in [4.69, 9.17) is 23.2 Å². The SMILES string of the molecule is CC1CC[NH+](CC(=O)N[C@@H](C)c2ccc(Cl)c(Cl)c2)CC1. The summed E-state index contributed by atoms with van der Waals surface area (Å²) in [6.07, 6.45) is 2.43. The minimum atomic E-state index is -0.0598. The molecule has 2 rings (SSSR count). The lowest BCUT2D eigenvalue weighted by Gasteiger charge is -2.27. The first kappa shape index (κ1) is 16.6. The van der Waals surface area contributed by atoms with E-state index >= 15 is 0 Å². The average molecular weight is 330 g/mol. The van der Waals surface area contributed by atoms with E-state index < -0.39 is 0 Å². The van der Waals surface area contributed by atoms with Gasteiger partial charge in [0, 0.05) is 0 Å². The second-order valence-electron chi connectivity index (χ2n) is 6.07. The number of hydrogen-bond donors (Lipinski definition) is 2. The Morgan fingerprint density at radius 1 is 1.33 bits per heavy atom. The van der Waals surface area contributed by atoms with Crippen LogP contribution in [0.15, 0.2) is 18.2 Å². The number of carbonyl (C=O) groups is 1. The first-order chi connectivity index (χ1) is 9.95. The number of carbonyl (C=O) groups excluding carboxylic acids is 1. The molecule has 2 N–H and O–H groups in total. The second-order valence-corrected chi connectivity index (χ2v) is 6.89. The van der Waals surface area contributed by atoms with Gasteiger partial charge in [0.25, 0.3) is 5.91 Å². The van der Waals surface area contributed by atoms with Crippen molar-refractivity contribution in [3.8, 4) is 0 Å². The zero-order valence-corrected chi connectivity index (χ0v) is 14.1. The van der Waals surface area contributed by atoms with Crippen LogP contribution >= 0.6 is 23.2 Å². The van der Waals surface area contributed by atoms with Gasteiger partial charge >= 0.3 is 0 Å². The number of likely N-dealkylation sites (tertiary alicyclic amines) is 1. The molecular formula is C16H23Cl2N2O+. The van der Waals surface area contributed by atoms with Gasteiger partial charge in [-0.05, 0) is 43.4 Å². The van der Waals surface area contributed by atoms with Crippen LogP contribution in [0.5, 0.6) is 0 Å². The van der Waals surface area contributed by atoms with Crippen LogP contribution in [0, 0.1) is 5.92 Å². The van der Waals surface area contributed by atoms with E-state index in [9.17, 15) is 4.79 Å². The molecule has 0 saturated carbocycles. The Kier molecular flexibility index (Phi) is 5.91. The van der Waals surface area contributed by atoms with E-state index in [0.29, 0.717) is 16.6 Å². The van der Waals surface area contributed by atoms with E-state index in [1.54, 1.807) is 6.07 Å². The Morgan fingerprint density at radius 3 is 2.62 bits per heavy atom. The van der Waals surface area contributed by atoms with Crippen molar-refractivity contribution >= 4 is 29.1 Å². The summed E-state index contributed by atoms with van der Waals surface area (Å²) >= 11 is 11.9. The topological polar surface area (TPSA) is 33.5 Å². The lowest BCUT2D eigenvalue weighted by Crippen LogP contribution is -3.14. The van der Waals surface area contributed by atoms with Crippen molar-refractivity contribution in [1.82, 2.24) is 5.32 Å². The van der Waals surface area contributed by atoms with Gasteiger partial charge in [0.05, 0.1) is 29.2 Å². The van der Waals surface area contributed by atoms with Crippen LogP contribution in [0.1, 0.15) is 38.3 Å². The van der Waals surface area contributed by atoms with Crippen LogP contribution in [-0.4, -0.2) is 25.5 Å². The molecule has 1 aliphatic heterocycles.